The number of nitrogens with zero attached hydrogens (tertiary/aromatic N) is 2. The Morgan fingerprint density at radius 3 is 2.76 bits per heavy atom. The molecule has 0 atom stereocenters. The van der Waals surface area contributed by atoms with Crippen LogP contribution in [0.25, 0.3) is 0 Å². The molecule has 2 aromatic rings. The predicted molar refractivity (Wildman–Crippen MR) is 95.1 cm³/mol. The number of aromatic amines is 1. The van der Waals surface area contributed by atoms with E-state index in [-0.39, 0.29) is 22.8 Å². The topological polar surface area (TPSA) is 56.4 Å². The Kier molecular flexibility index (Phi) is 3.82. The van der Waals surface area contributed by atoms with E-state index in [1.807, 2.05) is 11.9 Å². The van der Waals surface area contributed by atoms with Crippen LogP contribution in [0.5, 0.6) is 0 Å². The number of likely N-dealkylation sites (N-methyl/N-ethyl adjacent to an activating group) is 1. The van der Waals surface area contributed by atoms with Crippen LogP contribution in [0.3, 0.4) is 0 Å². The molecule has 1 aliphatic carbocycles. The molecule has 2 aliphatic rings. The lowest BCUT2D eigenvalue weighted by molar-refractivity contribution is 0.0985. The highest BCUT2D eigenvalue weighted by Crippen LogP contribution is 2.33. The van der Waals surface area contributed by atoms with Gasteiger partial charge in [0, 0.05) is 25.8 Å². The molecule has 0 spiro atoms. The van der Waals surface area contributed by atoms with Gasteiger partial charge in [0.05, 0.1) is 11.4 Å². The molecule has 1 N–H and O–H groups in total. The molecule has 0 fully saturated rings. The summed E-state index contributed by atoms with van der Waals surface area (Å²) in [4.78, 5) is 31.9. The van der Waals surface area contributed by atoms with E-state index in [1.54, 1.807) is 17.0 Å². The number of aryl methyl sites for hydroxylation is 2. The molecule has 0 unspecified atom stereocenters. The highest BCUT2D eigenvalue weighted by atomic mass is 19.1. The third-order valence-electron chi connectivity index (χ3n) is 5.11. The molecule has 6 heteroatoms. The van der Waals surface area contributed by atoms with Crippen molar-refractivity contribution in [2.24, 2.45) is 0 Å². The van der Waals surface area contributed by atoms with Gasteiger partial charge in [0.25, 0.3) is 11.5 Å². The van der Waals surface area contributed by atoms with E-state index in [4.69, 9.17) is 0 Å². The molecular weight excluding hydrogens is 321 g/mol. The Balaban J connectivity index is 1.75. The molecule has 1 aromatic heterocycles. The van der Waals surface area contributed by atoms with E-state index >= 15 is 0 Å². The van der Waals surface area contributed by atoms with Crippen molar-refractivity contribution in [3.8, 4) is 0 Å². The number of nitrogens with one attached hydrogen (secondary N) is 1. The van der Waals surface area contributed by atoms with Crippen LogP contribution in [0.15, 0.2) is 29.1 Å². The summed E-state index contributed by atoms with van der Waals surface area (Å²) in [5.74, 6) is -0.665. The molecule has 1 amide bonds. The Morgan fingerprint density at radius 1 is 1.12 bits per heavy atom. The maximum Gasteiger partial charge on any atom is 0.264 e. The number of hydrogen-bond donors (Lipinski definition) is 1. The molecule has 0 bridgehead atoms. The molecular formula is C19H20FN3O2. The van der Waals surface area contributed by atoms with Gasteiger partial charge in [-0.2, -0.15) is 0 Å². The van der Waals surface area contributed by atoms with Crippen LogP contribution in [-0.4, -0.2) is 31.0 Å². The van der Waals surface area contributed by atoms with Gasteiger partial charge in [-0.25, -0.2) is 4.39 Å². The Hall–Kier alpha value is -2.63. The van der Waals surface area contributed by atoms with Crippen molar-refractivity contribution in [3.05, 3.63) is 57.3 Å². The fourth-order valence-electron chi connectivity index (χ4n) is 3.71. The number of carbonyl (C=O) groups is 1. The maximum atomic E-state index is 13.6. The molecule has 0 saturated carbocycles. The minimum absolute atomic E-state index is 0.167. The first-order valence-electron chi connectivity index (χ1n) is 8.62. The molecule has 0 saturated heterocycles. The number of benzene rings is 1. The first kappa shape index (κ1) is 15.9. The summed E-state index contributed by atoms with van der Waals surface area (Å²) in [7, 11) is 1.87. The van der Waals surface area contributed by atoms with Crippen LogP contribution < -0.4 is 15.4 Å². The molecule has 0 radical (unpaired) electrons. The molecule has 1 aromatic carbocycles. The number of anilines is 2. The predicted octanol–water partition coefficient (Wildman–Crippen LogP) is 2.49. The van der Waals surface area contributed by atoms with Crippen molar-refractivity contribution < 1.29 is 9.18 Å². The average Bonchev–Trinajstić information content (AvgIpc) is 2.61. The Labute approximate surface area is 145 Å². The highest BCUT2D eigenvalue weighted by molar-refractivity contribution is 6.08. The number of pyridine rings is 1. The number of hydrogen-bond acceptors (Lipinski definition) is 3. The van der Waals surface area contributed by atoms with Crippen LogP contribution in [0.1, 0.15) is 34.5 Å². The number of carbonyl (C=O) groups excluding carboxylic acids is 1. The van der Waals surface area contributed by atoms with Crippen molar-refractivity contribution in [3.63, 3.8) is 0 Å². The van der Waals surface area contributed by atoms with Crippen molar-refractivity contribution >= 4 is 17.3 Å². The third-order valence-corrected chi connectivity index (χ3v) is 5.11. The number of rotatable bonds is 1. The summed E-state index contributed by atoms with van der Waals surface area (Å²) in [6, 6.07) is 6.11. The van der Waals surface area contributed by atoms with E-state index in [0.717, 1.165) is 36.9 Å². The van der Waals surface area contributed by atoms with Crippen molar-refractivity contribution in [1.82, 2.24) is 4.98 Å². The smallest absolute Gasteiger partial charge is 0.264 e. The Morgan fingerprint density at radius 2 is 1.92 bits per heavy atom. The normalized spacial score (nSPS) is 16.4. The minimum atomic E-state index is -0.341. The molecule has 4 rings (SSSR count). The zero-order valence-electron chi connectivity index (χ0n) is 14.1. The standard InChI is InChI=1S/C19H20FN3O2/c1-22-8-9-23(16-7-6-13(20)11-17(16)22)19(25)14-10-12-4-2-3-5-15(12)21-18(14)24/h6-7,10-11H,2-5,8-9H2,1H3,(H,21,24). The van der Waals surface area contributed by atoms with E-state index in [1.165, 1.54) is 12.1 Å². The zero-order valence-corrected chi connectivity index (χ0v) is 14.1. The number of fused-ring (bicyclic) bond motifs is 2. The monoisotopic (exact) mass is 341 g/mol. The average molecular weight is 341 g/mol. The van der Waals surface area contributed by atoms with Gasteiger partial charge in [0.2, 0.25) is 0 Å². The van der Waals surface area contributed by atoms with Crippen LogP contribution in [0, 0.1) is 5.82 Å². The lowest BCUT2D eigenvalue weighted by Crippen LogP contribution is -2.44. The summed E-state index contributed by atoms with van der Waals surface area (Å²) in [5.41, 5.74) is 3.14. The lowest BCUT2D eigenvalue weighted by Gasteiger charge is -2.35. The summed E-state index contributed by atoms with van der Waals surface area (Å²) in [6.07, 6.45) is 3.88. The molecule has 25 heavy (non-hydrogen) atoms. The zero-order chi connectivity index (χ0) is 17.6. The van der Waals surface area contributed by atoms with Crippen molar-refractivity contribution in [1.29, 1.82) is 0 Å². The summed E-state index contributed by atoms with van der Waals surface area (Å²) >= 11 is 0. The van der Waals surface area contributed by atoms with E-state index in [9.17, 15) is 14.0 Å². The first-order valence-corrected chi connectivity index (χ1v) is 8.62. The fourth-order valence-corrected chi connectivity index (χ4v) is 3.71. The van der Waals surface area contributed by atoms with Crippen LogP contribution in [0.4, 0.5) is 15.8 Å². The summed E-state index contributed by atoms with van der Waals surface area (Å²) in [5, 5.41) is 0. The van der Waals surface area contributed by atoms with E-state index < -0.39 is 0 Å². The SMILES string of the molecule is CN1CCN(C(=O)c2cc3c([nH]c2=O)CCCC3)c2ccc(F)cc21. The quantitative estimate of drug-likeness (QED) is 0.867. The van der Waals surface area contributed by atoms with Crippen LogP contribution in [-0.2, 0) is 12.8 Å². The number of halogens is 1. The van der Waals surface area contributed by atoms with Gasteiger partial charge in [0.15, 0.2) is 0 Å². The molecule has 130 valence electrons. The number of amides is 1. The van der Waals surface area contributed by atoms with Gasteiger partial charge in [-0.15, -0.1) is 0 Å². The van der Waals surface area contributed by atoms with Gasteiger partial charge in [-0.1, -0.05) is 0 Å². The molecule has 5 nitrogen and oxygen atoms in total. The van der Waals surface area contributed by atoms with Crippen LogP contribution >= 0.6 is 0 Å². The molecule has 1 aliphatic heterocycles. The summed E-state index contributed by atoms with van der Waals surface area (Å²) in [6.45, 7) is 1.05. The summed E-state index contributed by atoms with van der Waals surface area (Å²) < 4.78 is 13.6. The van der Waals surface area contributed by atoms with Gasteiger partial charge in [-0.05, 0) is 55.5 Å². The minimum Gasteiger partial charge on any atom is -0.371 e. The highest BCUT2D eigenvalue weighted by Gasteiger charge is 2.28. The van der Waals surface area contributed by atoms with Gasteiger partial charge in [0.1, 0.15) is 11.4 Å². The van der Waals surface area contributed by atoms with E-state index in [0.29, 0.717) is 24.5 Å². The van der Waals surface area contributed by atoms with Crippen LogP contribution in [0.2, 0.25) is 0 Å². The fraction of sp³-hybridized carbons (Fsp3) is 0.368. The Bertz CT molecular complexity index is 906. The largest absolute Gasteiger partial charge is 0.371 e. The number of aromatic nitrogens is 1. The van der Waals surface area contributed by atoms with Gasteiger partial charge in [-0.3, -0.25) is 9.59 Å². The van der Waals surface area contributed by atoms with Crippen molar-refractivity contribution in [2.75, 3.05) is 29.9 Å². The molecule has 2 heterocycles. The van der Waals surface area contributed by atoms with E-state index in [2.05, 4.69) is 4.98 Å². The third kappa shape index (κ3) is 2.71. The van der Waals surface area contributed by atoms with Gasteiger partial charge < -0.3 is 14.8 Å². The second-order valence-electron chi connectivity index (χ2n) is 6.73. The van der Waals surface area contributed by atoms with Crippen molar-refractivity contribution in [2.45, 2.75) is 25.7 Å². The maximum absolute atomic E-state index is 13.6. The lowest BCUT2D eigenvalue weighted by atomic mass is 9.94. The first-order chi connectivity index (χ1) is 12.0. The van der Waals surface area contributed by atoms with Gasteiger partial charge >= 0.3 is 0 Å². The second-order valence-corrected chi connectivity index (χ2v) is 6.73. The number of H-pyrrole nitrogens is 1. The second kappa shape index (κ2) is 6.02.